The van der Waals surface area contributed by atoms with Crippen molar-refractivity contribution in [2.45, 2.75) is 25.6 Å². The zero-order chi connectivity index (χ0) is 15.7. The van der Waals surface area contributed by atoms with E-state index < -0.39 is 5.79 Å². The van der Waals surface area contributed by atoms with Gasteiger partial charge in [0.2, 0.25) is 5.79 Å². The van der Waals surface area contributed by atoms with E-state index in [1.54, 1.807) is 20.3 Å². The smallest absolute Gasteiger partial charge is 0.237 e. The molecule has 1 atom stereocenters. The molecule has 1 N–H and O–H groups in total. The van der Waals surface area contributed by atoms with E-state index in [-0.39, 0.29) is 5.75 Å². The van der Waals surface area contributed by atoms with Gasteiger partial charge in [0.05, 0.1) is 7.11 Å². The summed E-state index contributed by atoms with van der Waals surface area (Å²) in [6.07, 6.45) is 1.43. The maximum atomic E-state index is 10.1. The van der Waals surface area contributed by atoms with Gasteiger partial charge in [-0.05, 0) is 13.3 Å². The molecule has 0 aliphatic carbocycles. The second-order valence-electron chi connectivity index (χ2n) is 5.46. The van der Waals surface area contributed by atoms with Crippen LogP contribution in [0.3, 0.4) is 0 Å². The van der Waals surface area contributed by atoms with Crippen LogP contribution < -0.4 is 9.47 Å². The number of rotatable bonds is 3. The van der Waals surface area contributed by atoms with Gasteiger partial charge in [-0.15, -0.1) is 0 Å². The topological polar surface area (TPSA) is 47.9 Å². The molecular weight excluding hydrogens is 280 g/mol. The summed E-state index contributed by atoms with van der Waals surface area (Å²) in [5.74, 6) is 0.626. The SMILES string of the molecule is COc1c(C)c(O)cc2c1CCC(OC)(c1ccccc1)O2. The first-order chi connectivity index (χ1) is 10.6. The molecule has 2 aromatic rings. The maximum absolute atomic E-state index is 10.1. The third kappa shape index (κ3) is 2.20. The first-order valence-electron chi connectivity index (χ1n) is 7.30. The fraction of sp³-hybridized carbons (Fsp3) is 0.333. The molecule has 0 spiro atoms. The Balaban J connectivity index is 2.08. The minimum absolute atomic E-state index is 0.163. The summed E-state index contributed by atoms with van der Waals surface area (Å²) in [6.45, 7) is 1.84. The van der Waals surface area contributed by atoms with Crippen LogP contribution in [-0.2, 0) is 16.9 Å². The van der Waals surface area contributed by atoms with Gasteiger partial charge >= 0.3 is 0 Å². The van der Waals surface area contributed by atoms with Gasteiger partial charge in [-0.3, -0.25) is 0 Å². The number of hydrogen-bond donors (Lipinski definition) is 1. The summed E-state index contributed by atoms with van der Waals surface area (Å²) in [5, 5.41) is 10.1. The lowest BCUT2D eigenvalue weighted by atomic mass is 9.92. The van der Waals surface area contributed by atoms with Crippen molar-refractivity contribution in [2.24, 2.45) is 0 Å². The van der Waals surface area contributed by atoms with E-state index >= 15 is 0 Å². The zero-order valence-corrected chi connectivity index (χ0v) is 13.1. The van der Waals surface area contributed by atoms with Gasteiger partial charge in [0.1, 0.15) is 17.2 Å². The molecule has 22 heavy (non-hydrogen) atoms. The molecule has 1 aliphatic rings. The molecule has 0 aromatic heterocycles. The standard InChI is InChI=1S/C18H20O4/c1-12-15(19)11-16-14(17(12)20-2)9-10-18(21-3,22-16)13-7-5-4-6-8-13/h4-8,11,19H,9-10H2,1-3H3. The van der Waals surface area contributed by atoms with Crippen molar-refractivity contribution in [3.05, 3.63) is 53.1 Å². The van der Waals surface area contributed by atoms with Crippen LogP contribution in [0.2, 0.25) is 0 Å². The Bertz CT molecular complexity index is 681. The van der Waals surface area contributed by atoms with Crippen LogP contribution in [-0.4, -0.2) is 19.3 Å². The molecule has 0 bridgehead atoms. The van der Waals surface area contributed by atoms with Crippen LogP contribution in [0.5, 0.6) is 17.2 Å². The van der Waals surface area contributed by atoms with Crippen molar-refractivity contribution in [3.63, 3.8) is 0 Å². The highest BCUT2D eigenvalue weighted by molar-refractivity contribution is 5.57. The van der Waals surface area contributed by atoms with Crippen LogP contribution in [0, 0.1) is 6.92 Å². The van der Waals surface area contributed by atoms with Crippen LogP contribution in [0.15, 0.2) is 36.4 Å². The second kappa shape index (κ2) is 5.54. The molecule has 4 heteroatoms. The number of aromatic hydroxyl groups is 1. The van der Waals surface area contributed by atoms with Crippen LogP contribution >= 0.6 is 0 Å². The third-order valence-electron chi connectivity index (χ3n) is 4.29. The van der Waals surface area contributed by atoms with Gasteiger partial charge in [0.15, 0.2) is 0 Å². The Kier molecular flexibility index (Phi) is 3.71. The average molecular weight is 300 g/mol. The first kappa shape index (κ1) is 14.7. The molecule has 0 amide bonds. The van der Waals surface area contributed by atoms with E-state index in [1.165, 1.54) is 0 Å². The molecule has 0 saturated heterocycles. The van der Waals surface area contributed by atoms with Crippen molar-refractivity contribution < 1.29 is 19.3 Å². The molecule has 1 unspecified atom stereocenters. The first-order valence-corrected chi connectivity index (χ1v) is 7.30. The Morgan fingerprint density at radius 3 is 2.55 bits per heavy atom. The highest BCUT2D eigenvalue weighted by atomic mass is 16.7. The van der Waals surface area contributed by atoms with Crippen molar-refractivity contribution in [1.82, 2.24) is 0 Å². The minimum atomic E-state index is -0.832. The Hall–Kier alpha value is -2.20. The van der Waals surface area contributed by atoms with Crippen LogP contribution in [0.1, 0.15) is 23.1 Å². The molecule has 1 heterocycles. The van der Waals surface area contributed by atoms with E-state index in [1.807, 2.05) is 37.3 Å². The van der Waals surface area contributed by atoms with E-state index in [2.05, 4.69) is 0 Å². The Labute approximate surface area is 130 Å². The van der Waals surface area contributed by atoms with E-state index in [0.717, 1.165) is 23.1 Å². The fourth-order valence-corrected chi connectivity index (χ4v) is 3.05. The highest BCUT2D eigenvalue weighted by Crippen LogP contribution is 2.47. The van der Waals surface area contributed by atoms with Gasteiger partial charge in [-0.2, -0.15) is 0 Å². The van der Waals surface area contributed by atoms with Gasteiger partial charge < -0.3 is 19.3 Å². The van der Waals surface area contributed by atoms with Gasteiger partial charge in [-0.1, -0.05) is 30.3 Å². The number of ether oxygens (including phenoxy) is 3. The summed E-state index contributed by atoms with van der Waals surface area (Å²) in [4.78, 5) is 0. The number of phenolic OH excluding ortho intramolecular Hbond substituents is 1. The van der Waals surface area contributed by atoms with E-state index in [9.17, 15) is 5.11 Å². The number of phenols is 1. The number of fused-ring (bicyclic) bond motifs is 1. The van der Waals surface area contributed by atoms with Crippen molar-refractivity contribution in [3.8, 4) is 17.2 Å². The molecule has 0 radical (unpaired) electrons. The Morgan fingerprint density at radius 1 is 1.18 bits per heavy atom. The predicted octanol–water partition coefficient (Wildman–Crippen LogP) is 3.53. The largest absolute Gasteiger partial charge is 0.507 e. The lowest BCUT2D eigenvalue weighted by Gasteiger charge is -2.38. The summed E-state index contributed by atoms with van der Waals surface area (Å²) < 4.78 is 17.3. The number of methoxy groups -OCH3 is 2. The molecule has 0 fully saturated rings. The predicted molar refractivity (Wildman–Crippen MR) is 83.5 cm³/mol. The number of benzene rings is 2. The monoisotopic (exact) mass is 300 g/mol. The summed E-state index contributed by atoms with van der Waals surface area (Å²) in [5.41, 5.74) is 2.66. The second-order valence-corrected chi connectivity index (χ2v) is 5.46. The Morgan fingerprint density at radius 2 is 1.91 bits per heavy atom. The lowest BCUT2D eigenvalue weighted by molar-refractivity contribution is -0.184. The minimum Gasteiger partial charge on any atom is -0.507 e. The van der Waals surface area contributed by atoms with Crippen molar-refractivity contribution >= 4 is 0 Å². The molecule has 2 aromatic carbocycles. The summed E-state index contributed by atoms with van der Waals surface area (Å²) in [7, 11) is 3.25. The molecule has 1 aliphatic heterocycles. The molecule has 3 rings (SSSR count). The van der Waals surface area contributed by atoms with Crippen molar-refractivity contribution in [2.75, 3.05) is 14.2 Å². The van der Waals surface area contributed by atoms with Gasteiger partial charge in [-0.25, -0.2) is 0 Å². The van der Waals surface area contributed by atoms with Crippen LogP contribution in [0.25, 0.3) is 0 Å². The van der Waals surface area contributed by atoms with Crippen molar-refractivity contribution in [1.29, 1.82) is 0 Å². The fourth-order valence-electron chi connectivity index (χ4n) is 3.05. The zero-order valence-electron chi connectivity index (χ0n) is 13.1. The normalized spacial score (nSPS) is 20.1. The van der Waals surface area contributed by atoms with Crippen LogP contribution in [0.4, 0.5) is 0 Å². The lowest BCUT2D eigenvalue weighted by Crippen LogP contribution is -2.38. The molecule has 4 nitrogen and oxygen atoms in total. The summed E-state index contributed by atoms with van der Waals surface area (Å²) in [6, 6.07) is 11.5. The average Bonchev–Trinajstić information content (AvgIpc) is 2.56. The quantitative estimate of drug-likeness (QED) is 0.942. The van der Waals surface area contributed by atoms with Gasteiger partial charge in [0, 0.05) is 36.3 Å². The molecule has 116 valence electrons. The van der Waals surface area contributed by atoms with E-state index in [0.29, 0.717) is 17.9 Å². The number of hydrogen-bond acceptors (Lipinski definition) is 4. The molecular formula is C18H20O4. The highest BCUT2D eigenvalue weighted by Gasteiger charge is 2.40. The maximum Gasteiger partial charge on any atom is 0.237 e. The van der Waals surface area contributed by atoms with Gasteiger partial charge in [0.25, 0.3) is 0 Å². The van der Waals surface area contributed by atoms with E-state index in [4.69, 9.17) is 14.2 Å². The molecule has 0 saturated carbocycles. The third-order valence-corrected chi connectivity index (χ3v) is 4.29. The summed E-state index contributed by atoms with van der Waals surface area (Å²) >= 11 is 0.